The van der Waals surface area contributed by atoms with Crippen molar-refractivity contribution in [3.63, 3.8) is 0 Å². The molecule has 0 bridgehead atoms. The van der Waals surface area contributed by atoms with E-state index in [2.05, 4.69) is 10.5 Å². The van der Waals surface area contributed by atoms with E-state index >= 15 is 0 Å². The quantitative estimate of drug-likeness (QED) is 0.649. The van der Waals surface area contributed by atoms with E-state index in [0.29, 0.717) is 17.3 Å². The van der Waals surface area contributed by atoms with Crippen LogP contribution in [0, 0.1) is 0 Å². The Balaban J connectivity index is 1.81. The molecule has 0 radical (unpaired) electrons. The molecule has 2 heterocycles. The van der Waals surface area contributed by atoms with Crippen molar-refractivity contribution in [1.29, 1.82) is 0 Å². The van der Waals surface area contributed by atoms with Crippen molar-refractivity contribution in [2.75, 3.05) is 12.2 Å². The van der Waals surface area contributed by atoms with E-state index in [-0.39, 0.29) is 6.79 Å². The molecule has 0 amide bonds. The van der Waals surface area contributed by atoms with Crippen LogP contribution in [-0.2, 0) is 14.1 Å². The van der Waals surface area contributed by atoms with Crippen LogP contribution in [-0.4, -0.2) is 22.1 Å². The van der Waals surface area contributed by atoms with Gasteiger partial charge in [0.25, 0.3) is 5.56 Å². The van der Waals surface area contributed by atoms with Crippen molar-refractivity contribution in [1.82, 2.24) is 9.13 Å². The van der Waals surface area contributed by atoms with Crippen LogP contribution >= 0.6 is 0 Å². The highest BCUT2D eigenvalue weighted by Gasteiger charge is 2.12. The number of aromatic nitrogens is 2. The summed E-state index contributed by atoms with van der Waals surface area (Å²) in [7, 11) is 2.98. The van der Waals surface area contributed by atoms with Gasteiger partial charge >= 0.3 is 5.69 Å². The molecule has 0 aliphatic carbocycles. The lowest BCUT2D eigenvalue weighted by Gasteiger charge is -2.07. The average Bonchev–Trinajstić information content (AvgIpc) is 2.98. The fraction of sp³-hybridized carbons (Fsp3) is 0.214. The van der Waals surface area contributed by atoms with Gasteiger partial charge in [-0.2, -0.15) is 5.10 Å². The first-order valence-corrected chi connectivity index (χ1v) is 6.52. The van der Waals surface area contributed by atoms with Crippen LogP contribution in [0.25, 0.3) is 0 Å². The Kier molecular flexibility index (Phi) is 3.42. The second kappa shape index (κ2) is 5.40. The smallest absolute Gasteiger partial charge is 0.332 e. The summed E-state index contributed by atoms with van der Waals surface area (Å²) in [5.41, 5.74) is 2.66. The minimum atomic E-state index is -0.423. The maximum Gasteiger partial charge on any atom is 0.332 e. The zero-order valence-electron chi connectivity index (χ0n) is 12.1. The summed E-state index contributed by atoms with van der Waals surface area (Å²) in [6.07, 6.45) is 1.56. The monoisotopic (exact) mass is 302 g/mol. The lowest BCUT2D eigenvalue weighted by molar-refractivity contribution is 0.174. The molecule has 0 saturated heterocycles. The Labute approximate surface area is 125 Å². The molecule has 0 spiro atoms. The van der Waals surface area contributed by atoms with Gasteiger partial charge in [0.15, 0.2) is 11.5 Å². The summed E-state index contributed by atoms with van der Waals surface area (Å²) in [4.78, 5) is 23.4. The van der Waals surface area contributed by atoms with Crippen LogP contribution in [0.4, 0.5) is 5.82 Å². The molecule has 1 N–H and O–H groups in total. The molecular formula is C14H14N4O4. The molecule has 0 saturated carbocycles. The van der Waals surface area contributed by atoms with E-state index in [1.165, 1.54) is 17.7 Å². The highest BCUT2D eigenvalue weighted by atomic mass is 16.7. The fourth-order valence-corrected chi connectivity index (χ4v) is 2.01. The Morgan fingerprint density at radius 3 is 2.73 bits per heavy atom. The van der Waals surface area contributed by atoms with Gasteiger partial charge in [0.05, 0.1) is 6.21 Å². The lowest BCUT2D eigenvalue weighted by Crippen LogP contribution is -2.37. The van der Waals surface area contributed by atoms with Crippen molar-refractivity contribution >= 4 is 12.0 Å². The summed E-state index contributed by atoms with van der Waals surface area (Å²) >= 11 is 0. The van der Waals surface area contributed by atoms with Crippen LogP contribution in [0.15, 0.2) is 39.0 Å². The Morgan fingerprint density at radius 2 is 1.91 bits per heavy atom. The van der Waals surface area contributed by atoms with Gasteiger partial charge in [-0.25, -0.2) is 4.79 Å². The second-order valence-electron chi connectivity index (χ2n) is 4.75. The summed E-state index contributed by atoms with van der Waals surface area (Å²) < 4.78 is 12.8. The molecule has 0 unspecified atom stereocenters. The van der Waals surface area contributed by atoms with E-state index in [1.807, 2.05) is 6.07 Å². The molecule has 1 aromatic carbocycles. The van der Waals surface area contributed by atoms with Gasteiger partial charge in [0.2, 0.25) is 6.79 Å². The molecule has 3 rings (SSSR count). The van der Waals surface area contributed by atoms with E-state index in [9.17, 15) is 9.59 Å². The van der Waals surface area contributed by atoms with Gasteiger partial charge in [-0.1, -0.05) is 0 Å². The number of ether oxygens (including phenoxy) is 2. The third kappa shape index (κ3) is 2.46. The molecular weight excluding hydrogens is 288 g/mol. The first-order chi connectivity index (χ1) is 10.6. The number of anilines is 1. The number of nitrogens with one attached hydrogen (secondary N) is 1. The molecule has 114 valence electrons. The molecule has 1 aliphatic rings. The summed E-state index contributed by atoms with van der Waals surface area (Å²) in [5.74, 6) is 1.66. The second-order valence-corrected chi connectivity index (χ2v) is 4.75. The first kappa shape index (κ1) is 13.9. The van der Waals surface area contributed by atoms with Gasteiger partial charge in [-0.05, 0) is 23.8 Å². The summed E-state index contributed by atoms with van der Waals surface area (Å²) in [6.45, 7) is 0.212. The van der Waals surface area contributed by atoms with Crippen LogP contribution in [0.5, 0.6) is 11.5 Å². The standard InChI is InChI=1S/C14H14N4O4/c1-17-12(6-13(19)18(2)14(17)20)16-15-7-9-3-4-10-11(5-9)22-8-21-10/h3-7,16H,8H2,1-2H3/b15-7-. The van der Waals surface area contributed by atoms with Gasteiger partial charge in [0.1, 0.15) is 5.82 Å². The number of rotatable bonds is 3. The summed E-state index contributed by atoms with van der Waals surface area (Å²) in [5, 5.41) is 4.03. The van der Waals surface area contributed by atoms with Crippen LogP contribution in [0.2, 0.25) is 0 Å². The fourth-order valence-electron chi connectivity index (χ4n) is 2.01. The highest BCUT2D eigenvalue weighted by molar-refractivity contribution is 5.81. The number of hydrazone groups is 1. The molecule has 0 fully saturated rings. The third-order valence-corrected chi connectivity index (χ3v) is 3.32. The topological polar surface area (TPSA) is 86.8 Å². The van der Waals surface area contributed by atoms with Crippen molar-refractivity contribution in [2.45, 2.75) is 0 Å². The summed E-state index contributed by atoms with van der Waals surface area (Å²) in [6, 6.07) is 6.70. The number of fused-ring (bicyclic) bond motifs is 1. The van der Waals surface area contributed by atoms with Gasteiger partial charge in [-0.15, -0.1) is 0 Å². The number of hydrogen-bond acceptors (Lipinski definition) is 6. The van der Waals surface area contributed by atoms with Crippen LogP contribution < -0.4 is 26.1 Å². The Bertz CT molecular complexity index is 866. The van der Waals surface area contributed by atoms with Crippen LogP contribution in [0.1, 0.15) is 5.56 Å². The Hall–Kier alpha value is -3.03. The van der Waals surface area contributed by atoms with Gasteiger partial charge in [-0.3, -0.25) is 19.4 Å². The minimum Gasteiger partial charge on any atom is -0.454 e. The van der Waals surface area contributed by atoms with Gasteiger partial charge in [0, 0.05) is 20.2 Å². The van der Waals surface area contributed by atoms with Crippen molar-refractivity contribution in [3.8, 4) is 11.5 Å². The molecule has 8 nitrogen and oxygen atoms in total. The van der Waals surface area contributed by atoms with Crippen molar-refractivity contribution in [3.05, 3.63) is 50.7 Å². The number of nitrogens with zero attached hydrogens (tertiary/aromatic N) is 3. The van der Waals surface area contributed by atoms with E-state index in [0.717, 1.165) is 10.1 Å². The van der Waals surface area contributed by atoms with E-state index in [1.54, 1.807) is 25.4 Å². The molecule has 8 heteroatoms. The van der Waals surface area contributed by atoms with Gasteiger partial charge < -0.3 is 9.47 Å². The van der Waals surface area contributed by atoms with Crippen molar-refractivity contribution in [2.24, 2.45) is 19.2 Å². The molecule has 0 atom stereocenters. The zero-order chi connectivity index (χ0) is 15.7. The minimum absolute atomic E-state index is 0.212. The predicted octanol–water partition coefficient (Wildman–Crippen LogP) is 0.259. The normalized spacial score (nSPS) is 12.8. The maximum absolute atomic E-state index is 11.8. The van der Waals surface area contributed by atoms with E-state index in [4.69, 9.17) is 9.47 Å². The van der Waals surface area contributed by atoms with E-state index < -0.39 is 11.2 Å². The number of benzene rings is 1. The van der Waals surface area contributed by atoms with Crippen LogP contribution in [0.3, 0.4) is 0 Å². The highest BCUT2D eigenvalue weighted by Crippen LogP contribution is 2.31. The molecule has 2 aromatic rings. The lowest BCUT2D eigenvalue weighted by atomic mass is 10.2. The maximum atomic E-state index is 11.8. The largest absolute Gasteiger partial charge is 0.454 e. The Morgan fingerprint density at radius 1 is 1.14 bits per heavy atom. The predicted molar refractivity (Wildman–Crippen MR) is 80.7 cm³/mol. The molecule has 1 aliphatic heterocycles. The SMILES string of the molecule is Cn1c(N/N=C\c2ccc3c(c2)OCO3)cc(=O)n(C)c1=O. The average molecular weight is 302 g/mol. The zero-order valence-corrected chi connectivity index (χ0v) is 12.1. The third-order valence-electron chi connectivity index (χ3n) is 3.32. The first-order valence-electron chi connectivity index (χ1n) is 6.52. The molecule has 1 aromatic heterocycles. The molecule has 22 heavy (non-hydrogen) atoms. The number of hydrogen-bond donors (Lipinski definition) is 1. The van der Waals surface area contributed by atoms with Crippen molar-refractivity contribution < 1.29 is 9.47 Å².